The summed E-state index contributed by atoms with van der Waals surface area (Å²) in [6.45, 7) is 13.5. The van der Waals surface area contributed by atoms with E-state index < -0.39 is 81.0 Å². The lowest BCUT2D eigenvalue weighted by molar-refractivity contribution is -0.144. The van der Waals surface area contributed by atoms with E-state index in [1.54, 1.807) is 27.2 Å². The first kappa shape index (κ1) is 98.5. The minimum atomic E-state index is -4.36. The average Bonchev–Trinajstić information content (AvgIpc) is 1.63. The number of hydrogen-bond acceptors (Lipinski definition) is 19. The van der Waals surface area contributed by atoms with Crippen LogP contribution in [0.5, 0.6) is 0 Å². The van der Waals surface area contributed by atoms with E-state index in [1.165, 1.54) is 86.3 Å². The molecule has 8 N–H and O–H groups in total. The van der Waals surface area contributed by atoms with Crippen molar-refractivity contribution in [1.29, 1.82) is 0 Å². The zero-order chi connectivity index (χ0) is 93.6. The fourth-order valence-electron chi connectivity index (χ4n) is 16.0. The first-order valence-corrected chi connectivity index (χ1v) is 48.2. The van der Waals surface area contributed by atoms with Crippen LogP contribution in [0, 0.1) is 44.0 Å². The highest BCUT2D eigenvalue weighted by molar-refractivity contribution is 7.90. The predicted molar refractivity (Wildman–Crippen MR) is 479 cm³/mol. The van der Waals surface area contributed by atoms with E-state index in [0.717, 1.165) is 121 Å². The molecule has 38 heteroatoms. The molecule has 3 fully saturated rings. The van der Waals surface area contributed by atoms with Gasteiger partial charge in [0, 0.05) is 113 Å². The smallest absolute Gasteiger partial charge is 0.382 e. The highest BCUT2D eigenvalue weighted by Crippen LogP contribution is 2.31. The molecule has 15 rings (SSSR count). The van der Waals surface area contributed by atoms with Gasteiger partial charge < -0.3 is 14.2 Å². The Morgan fingerprint density at radius 3 is 1.21 bits per heavy atom. The van der Waals surface area contributed by atoms with Gasteiger partial charge in [-0.2, -0.15) is 33.6 Å². The fraction of sp³-hybridized carbons (Fsp3) is 0.348. The van der Waals surface area contributed by atoms with E-state index in [-0.39, 0.29) is 56.1 Å². The zero-order valence-electron chi connectivity index (χ0n) is 73.1. The third-order valence-electron chi connectivity index (χ3n) is 22.2. The van der Waals surface area contributed by atoms with Crippen LogP contribution >= 0.6 is 0 Å². The minimum absolute atomic E-state index is 0.00389. The molecule has 6 heterocycles. The van der Waals surface area contributed by atoms with E-state index in [0.29, 0.717) is 95.7 Å². The molecule has 12 aromatic rings. The van der Waals surface area contributed by atoms with Crippen molar-refractivity contribution < 1.29 is 78.6 Å². The van der Waals surface area contributed by atoms with E-state index in [9.17, 15) is 60.0 Å². The quantitative estimate of drug-likeness (QED) is 0.0331. The van der Waals surface area contributed by atoms with Gasteiger partial charge in [0.15, 0.2) is 0 Å². The summed E-state index contributed by atoms with van der Waals surface area (Å²) >= 11 is 0. The lowest BCUT2D eigenvalue weighted by Gasteiger charge is -2.32. The zero-order valence-corrected chi connectivity index (χ0v) is 76.3. The second kappa shape index (κ2) is 43.2. The Kier molecular flexibility index (Phi) is 32.8. The topological polar surface area (TPSA) is 353 Å². The largest absolute Gasteiger partial charge is 0.401 e. The van der Waals surface area contributed by atoms with Crippen molar-refractivity contribution in [2.45, 2.75) is 156 Å². The standard InChI is InChI=1S/C24H29FN4O4S.C24H29FN4O2S.C23H27FN4O3S.C21H22F4N4O2S/c1-17-4-3-5-18(10-17)11-20-12-19(14-28-8-9-33-21(15-28)16-32-2)27-29(20)24-7-6-22(13-23(24)25)34(26,30)31;1-28(20-10-6-3-7-11-20)17-19-15-21(14-18-8-4-2-5-9-18)29(27-19)24-13-12-22(16-23(24)25)32(26,30)31;1-16-4-3-5-18(10-16)11-20-12-19(14-27-8-9-31-15-17(27)2)26-28(20)23-7-6-21(13-22(23)24)32(25,29)30;1-14-4-3-5-15(8-14)9-17-10-16(12-28(2)13-21(23,24)25)27-29(17)20-7-6-18(11-19(20)22)32(26,30)31/h3-7,10,12-13,21H,8-9,11,14-16H2,1-2H3,(H2,26,30,31);2,4-5,8-9,12-13,15-16,20H,3,6-7,10-11,14,17H2,1H3,(H2,26,30,31);3-7,10,12-13,17H,8-9,11,14-15H2,1-2H3,(H2,25,29,30);3-8,10-11H,9,12-13H2,1-2H3,(H2,26,30,31). The van der Waals surface area contributed by atoms with Gasteiger partial charge in [-0.1, -0.05) is 139 Å². The van der Waals surface area contributed by atoms with Crippen LogP contribution in [-0.2, 0) is 106 Å². The summed E-state index contributed by atoms with van der Waals surface area (Å²) in [6, 6.07) is 56.3. The molecule has 8 aromatic carbocycles. The van der Waals surface area contributed by atoms with E-state index in [4.69, 9.17) is 50.1 Å². The molecule has 0 spiro atoms. The van der Waals surface area contributed by atoms with Gasteiger partial charge in [-0.25, -0.2) is 90.5 Å². The van der Waals surface area contributed by atoms with Gasteiger partial charge in [-0.15, -0.1) is 0 Å². The number of methoxy groups -OCH3 is 1. The minimum Gasteiger partial charge on any atom is -0.382 e. The van der Waals surface area contributed by atoms with Crippen molar-refractivity contribution >= 4 is 40.1 Å². The predicted octanol–water partition coefficient (Wildman–Crippen LogP) is 12.8. The van der Waals surface area contributed by atoms with Gasteiger partial charge in [0.1, 0.15) is 46.0 Å². The molecule has 130 heavy (non-hydrogen) atoms. The Morgan fingerprint density at radius 1 is 0.454 bits per heavy atom. The number of hydrogen-bond donors (Lipinski definition) is 4. The number of rotatable bonds is 28. The van der Waals surface area contributed by atoms with Crippen LogP contribution in [0.2, 0.25) is 0 Å². The van der Waals surface area contributed by atoms with Crippen molar-refractivity contribution in [3.05, 3.63) is 308 Å². The SMILES string of the molecule is CN(Cc1cc(Cc2ccccc2)n(-c2ccc(S(N)(=O)=O)cc2F)n1)C1CCCCC1.COCC1CN(Cc2cc(Cc3cccc(C)c3)n(-c3ccc(S(N)(=O)=O)cc3F)n2)CCO1.Cc1cccc(Cc2cc(CN(C)CC(F)(F)F)nn2-c2ccc(S(N)(=O)=O)cc2F)c1.Cc1cccc(Cc2cc(CN3CCOCC3C)nn2-c2ccc(S(N)(=O)=O)cc2F)c1. The van der Waals surface area contributed by atoms with Crippen LogP contribution in [0.25, 0.3) is 22.7 Å². The molecular weight excluding hydrogens is 1770 g/mol. The normalized spacial score (nSPS) is 15.7. The summed E-state index contributed by atoms with van der Waals surface area (Å²) in [5.41, 5.74) is 13.7. The molecular formula is C92H107F7N16O11S4. The average molecular weight is 1870 g/mol. The number of morpholine rings is 2. The highest BCUT2D eigenvalue weighted by Gasteiger charge is 2.32. The van der Waals surface area contributed by atoms with Crippen LogP contribution in [0.3, 0.4) is 0 Å². The van der Waals surface area contributed by atoms with Crippen LogP contribution < -0.4 is 20.6 Å². The van der Waals surface area contributed by atoms with Gasteiger partial charge in [-0.3, -0.25) is 19.6 Å². The summed E-state index contributed by atoms with van der Waals surface area (Å²) in [4.78, 5) is 6.71. The summed E-state index contributed by atoms with van der Waals surface area (Å²) in [7, 11) is -11.0. The number of nitrogens with two attached hydrogens (primary N) is 4. The number of sulfonamides is 4. The van der Waals surface area contributed by atoms with Crippen molar-refractivity contribution in [2.75, 3.05) is 73.8 Å². The maximum Gasteiger partial charge on any atom is 0.401 e. The van der Waals surface area contributed by atoms with Gasteiger partial charge in [0.2, 0.25) is 40.1 Å². The molecule has 27 nitrogen and oxygen atoms in total. The van der Waals surface area contributed by atoms with Crippen molar-refractivity contribution in [2.24, 2.45) is 20.6 Å². The second-order valence-electron chi connectivity index (χ2n) is 33.0. The second-order valence-corrected chi connectivity index (χ2v) is 39.3. The van der Waals surface area contributed by atoms with E-state index >= 15 is 4.39 Å². The molecule has 0 bridgehead atoms. The summed E-state index contributed by atoms with van der Waals surface area (Å²) in [5, 5.41) is 38.9. The summed E-state index contributed by atoms with van der Waals surface area (Å²) in [6.07, 6.45) is 3.85. The van der Waals surface area contributed by atoms with Gasteiger partial charge in [0.25, 0.3) is 0 Å². The molecule has 2 aliphatic heterocycles. The number of benzene rings is 8. The van der Waals surface area contributed by atoms with Crippen LogP contribution in [-0.4, -0.2) is 191 Å². The Morgan fingerprint density at radius 2 is 0.831 bits per heavy atom. The number of primary sulfonamides is 4. The molecule has 694 valence electrons. The third kappa shape index (κ3) is 27.6. The van der Waals surface area contributed by atoms with Crippen molar-refractivity contribution in [3.8, 4) is 22.7 Å². The summed E-state index contributed by atoms with van der Waals surface area (Å²) in [5.74, 6) is -2.96. The Bertz CT molecular complexity index is 6410. The fourth-order valence-corrected chi connectivity index (χ4v) is 18.1. The first-order chi connectivity index (χ1) is 61.5. The number of aromatic nitrogens is 8. The highest BCUT2D eigenvalue weighted by atomic mass is 32.2. The Balaban J connectivity index is 0.000000157. The van der Waals surface area contributed by atoms with Gasteiger partial charge in [-0.05, 0) is 174 Å². The summed E-state index contributed by atoms with van der Waals surface area (Å²) < 4.78 is 213. The lowest BCUT2D eigenvalue weighted by Crippen LogP contribution is -2.43. The Labute approximate surface area is 753 Å². The molecule has 2 unspecified atom stereocenters. The molecule has 1 aliphatic carbocycles. The Hall–Kier alpha value is -10.5. The van der Waals surface area contributed by atoms with Gasteiger partial charge >= 0.3 is 6.18 Å². The van der Waals surface area contributed by atoms with Crippen LogP contribution in [0.15, 0.2) is 220 Å². The van der Waals surface area contributed by atoms with Crippen molar-refractivity contribution in [3.63, 3.8) is 0 Å². The third-order valence-corrected chi connectivity index (χ3v) is 25.8. The maximum atomic E-state index is 15.0. The number of aryl methyl sites for hydroxylation is 3. The number of nitrogens with zero attached hydrogens (tertiary/aromatic N) is 12. The number of ether oxygens (including phenoxy) is 3. The number of halogens is 7. The molecule has 4 aromatic heterocycles. The molecule has 1 saturated carbocycles. The monoisotopic (exact) mass is 1870 g/mol. The molecule has 3 aliphatic rings. The lowest BCUT2D eigenvalue weighted by atomic mass is 9.94. The van der Waals surface area contributed by atoms with Crippen LogP contribution in [0.1, 0.15) is 124 Å². The number of alkyl halides is 3. The first-order valence-electron chi connectivity index (χ1n) is 42.0. The van der Waals surface area contributed by atoms with E-state index in [1.807, 2.05) is 130 Å². The van der Waals surface area contributed by atoms with Crippen molar-refractivity contribution in [1.82, 2.24) is 58.7 Å². The van der Waals surface area contributed by atoms with Gasteiger partial charge in [0.05, 0.1) is 81.4 Å². The molecule has 2 atom stereocenters. The maximum absolute atomic E-state index is 15.0. The molecule has 2 saturated heterocycles. The van der Waals surface area contributed by atoms with E-state index in [2.05, 4.69) is 45.9 Å². The molecule has 0 amide bonds. The van der Waals surface area contributed by atoms with Crippen LogP contribution in [0.4, 0.5) is 30.7 Å². The molecule has 0 radical (unpaired) electrons.